The lowest BCUT2D eigenvalue weighted by atomic mass is 10.1. The molecule has 172 valence electrons. The lowest BCUT2D eigenvalue weighted by Gasteiger charge is -2.26. The Labute approximate surface area is 186 Å². The Morgan fingerprint density at radius 3 is 2.75 bits per heavy atom. The fourth-order valence-electron chi connectivity index (χ4n) is 4.33. The SMILES string of the molecule is COC(=O)[C@@H]1CC[C@@H](NC(=O)[C@@H]2CCCN2C(=O)CNc2ncccc2C(=N)C(C)=O)C1. The Morgan fingerprint density at radius 1 is 1.25 bits per heavy atom. The van der Waals surface area contributed by atoms with E-state index >= 15 is 0 Å². The molecule has 2 fully saturated rings. The summed E-state index contributed by atoms with van der Waals surface area (Å²) in [6, 6.07) is 2.56. The minimum atomic E-state index is -0.555. The molecule has 3 atom stereocenters. The quantitative estimate of drug-likeness (QED) is 0.400. The number of ketones is 1. The van der Waals surface area contributed by atoms with Crippen LogP contribution >= 0.6 is 0 Å². The van der Waals surface area contributed by atoms with E-state index in [9.17, 15) is 19.2 Å². The number of hydrogen-bond donors (Lipinski definition) is 3. The maximum absolute atomic E-state index is 12.8. The van der Waals surface area contributed by atoms with Crippen molar-refractivity contribution < 1.29 is 23.9 Å². The zero-order valence-electron chi connectivity index (χ0n) is 18.3. The summed E-state index contributed by atoms with van der Waals surface area (Å²) in [4.78, 5) is 54.6. The Kier molecular flexibility index (Phi) is 7.55. The van der Waals surface area contributed by atoms with Crippen molar-refractivity contribution in [3.8, 4) is 0 Å². The van der Waals surface area contributed by atoms with Crippen molar-refractivity contribution in [3.05, 3.63) is 23.9 Å². The van der Waals surface area contributed by atoms with Crippen molar-refractivity contribution in [2.24, 2.45) is 5.92 Å². The first-order valence-corrected chi connectivity index (χ1v) is 10.8. The van der Waals surface area contributed by atoms with Crippen molar-refractivity contribution >= 4 is 35.1 Å². The Bertz CT molecular complexity index is 918. The summed E-state index contributed by atoms with van der Waals surface area (Å²) in [6.45, 7) is 1.68. The number of methoxy groups -OCH3 is 1. The number of aromatic nitrogens is 1. The van der Waals surface area contributed by atoms with Crippen molar-refractivity contribution in [3.63, 3.8) is 0 Å². The largest absolute Gasteiger partial charge is 0.469 e. The standard InChI is InChI=1S/C22H29N5O5/c1-13(28)19(23)16-5-3-9-24-20(16)25-12-18(29)27-10-4-6-17(27)21(30)26-15-8-7-14(11-15)22(31)32-2/h3,5,9,14-15,17,23H,4,6-8,10-12H2,1-2H3,(H,24,25)(H,26,30)/t14-,15-,17+/m1/s1. The molecule has 1 saturated carbocycles. The summed E-state index contributed by atoms with van der Waals surface area (Å²) < 4.78 is 4.79. The van der Waals surface area contributed by atoms with E-state index in [1.165, 1.54) is 20.2 Å². The molecular formula is C22H29N5O5. The van der Waals surface area contributed by atoms with Crippen molar-refractivity contribution in [2.45, 2.75) is 51.1 Å². The number of pyridine rings is 1. The molecule has 0 aromatic carbocycles. The minimum Gasteiger partial charge on any atom is -0.469 e. The highest BCUT2D eigenvalue weighted by atomic mass is 16.5. The molecular weight excluding hydrogens is 414 g/mol. The third kappa shape index (κ3) is 5.30. The van der Waals surface area contributed by atoms with E-state index in [1.807, 2.05) is 0 Å². The second kappa shape index (κ2) is 10.3. The average Bonchev–Trinajstić information content (AvgIpc) is 3.46. The van der Waals surface area contributed by atoms with Crippen LogP contribution in [0.4, 0.5) is 5.82 Å². The summed E-state index contributed by atoms with van der Waals surface area (Å²) in [5, 5.41) is 13.8. The van der Waals surface area contributed by atoms with Gasteiger partial charge in [-0.1, -0.05) is 0 Å². The van der Waals surface area contributed by atoms with Crippen LogP contribution in [0.25, 0.3) is 0 Å². The summed E-state index contributed by atoms with van der Waals surface area (Å²) in [6.07, 6.45) is 4.75. The van der Waals surface area contributed by atoms with Gasteiger partial charge in [-0.25, -0.2) is 4.98 Å². The smallest absolute Gasteiger partial charge is 0.308 e. The fourth-order valence-corrected chi connectivity index (χ4v) is 4.33. The highest BCUT2D eigenvalue weighted by molar-refractivity contribution is 6.45. The Balaban J connectivity index is 1.57. The highest BCUT2D eigenvalue weighted by Crippen LogP contribution is 2.27. The number of nitrogens with one attached hydrogen (secondary N) is 3. The van der Waals surface area contributed by atoms with Gasteiger partial charge in [0.2, 0.25) is 11.8 Å². The predicted octanol–water partition coefficient (Wildman–Crippen LogP) is 0.899. The molecule has 32 heavy (non-hydrogen) atoms. The maximum Gasteiger partial charge on any atom is 0.308 e. The van der Waals surface area contributed by atoms with Crippen molar-refractivity contribution in [1.29, 1.82) is 5.41 Å². The van der Waals surface area contributed by atoms with E-state index in [0.29, 0.717) is 37.8 Å². The number of nitrogens with zero attached hydrogens (tertiary/aromatic N) is 2. The van der Waals surface area contributed by atoms with Crippen LogP contribution < -0.4 is 10.6 Å². The molecule has 10 nitrogen and oxygen atoms in total. The minimum absolute atomic E-state index is 0.101. The molecule has 0 unspecified atom stereocenters. The van der Waals surface area contributed by atoms with E-state index in [4.69, 9.17) is 10.1 Å². The molecule has 1 aliphatic carbocycles. The van der Waals surface area contributed by atoms with Gasteiger partial charge in [0.1, 0.15) is 17.6 Å². The molecule has 1 aliphatic heterocycles. The third-order valence-corrected chi connectivity index (χ3v) is 6.03. The number of likely N-dealkylation sites (tertiary alicyclic amines) is 1. The highest BCUT2D eigenvalue weighted by Gasteiger charge is 2.37. The van der Waals surface area contributed by atoms with E-state index in [2.05, 4.69) is 15.6 Å². The molecule has 0 radical (unpaired) electrons. The Hall–Kier alpha value is -3.30. The molecule has 2 heterocycles. The van der Waals surface area contributed by atoms with Crippen LogP contribution in [0.15, 0.2) is 18.3 Å². The number of carbonyl (C=O) groups excluding carboxylic acids is 4. The molecule has 1 aromatic rings. The van der Waals surface area contributed by atoms with Crippen LogP contribution in [0.1, 0.15) is 44.6 Å². The second-order valence-electron chi connectivity index (χ2n) is 8.17. The summed E-state index contributed by atoms with van der Waals surface area (Å²) >= 11 is 0. The molecule has 3 rings (SSSR count). The molecule has 0 spiro atoms. The molecule has 0 bridgehead atoms. The zero-order chi connectivity index (χ0) is 23.3. The number of ether oxygens (including phenoxy) is 1. The van der Waals surface area contributed by atoms with E-state index in [-0.39, 0.29) is 47.8 Å². The number of carbonyl (C=O) groups is 4. The molecule has 2 aliphatic rings. The predicted molar refractivity (Wildman–Crippen MR) is 116 cm³/mol. The molecule has 2 amide bonds. The fraction of sp³-hybridized carbons (Fsp3) is 0.545. The number of Topliss-reactive ketones (excluding diaryl/α,β-unsaturated/α-hetero) is 1. The zero-order valence-corrected chi connectivity index (χ0v) is 18.3. The molecule has 1 saturated heterocycles. The first-order chi connectivity index (χ1) is 15.3. The number of hydrogen-bond acceptors (Lipinski definition) is 8. The number of rotatable bonds is 8. The third-order valence-electron chi connectivity index (χ3n) is 6.03. The van der Waals surface area contributed by atoms with Crippen LogP contribution in [-0.4, -0.2) is 71.4 Å². The van der Waals surface area contributed by atoms with Crippen LogP contribution in [0.5, 0.6) is 0 Å². The van der Waals surface area contributed by atoms with Gasteiger partial charge >= 0.3 is 5.97 Å². The van der Waals surface area contributed by atoms with Gasteiger partial charge in [-0.05, 0) is 44.2 Å². The summed E-state index contributed by atoms with van der Waals surface area (Å²) in [5.74, 6) is -1.03. The van der Waals surface area contributed by atoms with E-state index in [1.54, 1.807) is 17.0 Å². The van der Waals surface area contributed by atoms with E-state index in [0.717, 1.165) is 6.42 Å². The lowest BCUT2D eigenvalue weighted by molar-refractivity contribution is -0.145. The van der Waals surface area contributed by atoms with Gasteiger partial charge in [0, 0.05) is 31.3 Å². The average molecular weight is 444 g/mol. The van der Waals surface area contributed by atoms with Gasteiger partial charge in [0.05, 0.1) is 19.6 Å². The lowest BCUT2D eigenvalue weighted by Crippen LogP contribution is -2.49. The number of esters is 1. The first-order valence-electron chi connectivity index (χ1n) is 10.8. The molecule has 10 heteroatoms. The van der Waals surface area contributed by atoms with Gasteiger partial charge < -0.3 is 20.3 Å². The normalized spacial score (nSPS) is 22.3. The van der Waals surface area contributed by atoms with Gasteiger partial charge in [-0.15, -0.1) is 0 Å². The molecule has 1 aromatic heterocycles. The number of amides is 2. The second-order valence-corrected chi connectivity index (χ2v) is 8.17. The number of anilines is 1. The summed E-state index contributed by atoms with van der Waals surface area (Å²) in [5.41, 5.74) is 0.137. The van der Waals surface area contributed by atoms with E-state index < -0.39 is 11.8 Å². The van der Waals surface area contributed by atoms with Crippen LogP contribution in [-0.2, 0) is 23.9 Å². The van der Waals surface area contributed by atoms with Crippen LogP contribution in [0, 0.1) is 11.3 Å². The topological polar surface area (TPSA) is 142 Å². The molecule has 3 N–H and O–H groups in total. The van der Waals surface area contributed by atoms with Crippen molar-refractivity contribution in [1.82, 2.24) is 15.2 Å². The van der Waals surface area contributed by atoms with Gasteiger partial charge in [-0.3, -0.25) is 24.6 Å². The first kappa shape index (κ1) is 23.4. The van der Waals surface area contributed by atoms with Gasteiger partial charge in [0.25, 0.3) is 0 Å². The van der Waals surface area contributed by atoms with Crippen molar-refractivity contribution in [2.75, 3.05) is 25.5 Å². The maximum atomic E-state index is 12.8. The monoisotopic (exact) mass is 443 g/mol. The Morgan fingerprint density at radius 2 is 2.03 bits per heavy atom. The van der Waals surface area contributed by atoms with Crippen LogP contribution in [0.3, 0.4) is 0 Å². The van der Waals surface area contributed by atoms with Gasteiger partial charge in [0.15, 0.2) is 5.78 Å². The van der Waals surface area contributed by atoms with Gasteiger partial charge in [-0.2, -0.15) is 0 Å². The van der Waals surface area contributed by atoms with Crippen LogP contribution in [0.2, 0.25) is 0 Å². The summed E-state index contributed by atoms with van der Waals surface area (Å²) in [7, 11) is 1.36.